The number of rotatable bonds is 63. The molecule has 0 aromatic carbocycles. The first-order valence-corrected chi connectivity index (χ1v) is 34.7. The van der Waals surface area contributed by atoms with Crippen LogP contribution in [0.15, 0.2) is 97.2 Å². The molecule has 0 N–H and O–H groups in total. The summed E-state index contributed by atoms with van der Waals surface area (Å²) < 4.78 is 17.0. The van der Waals surface area contributed by atoms with Crippen LogP contribution in [0.3, 0.4) is 0 Å². The first-order valence-electron chi connectivity index (χ1n) is 34.7. The molecule has 6 nitrogen and oxygen atoms in total. The fourth-order valence-electron chi connectivity index (χ4n) is 9.85. The minimum atomic E-state index is -0.786. The number of allylic oxidation sites excluding steroid dienone is 16. The maximum atomic E-state index is 12.9. The Balaban J connectivity index is 4.25. The predicted molar refractivity (Wildman–Crippen MR) is 353 cm³/mol. The summed E-state index contributed by atoms with van der Waals surface area (Å²) in [6, 6.07) is 0. The van der Waals surface area contributed by atoms with Crippen LogP contribution in [-0.2, 0) is 28.6 Å². The van der Waals surface area contributed by atoms with Gasteiger partial charge in [0.05, 0.1) is 0 Å². The van der Waals surface area contributed by atoms with Gasteiger partial charge in [0.25, 0.3) is 0 Å². The van der Waals surface area contributed by atoms with Crippen molar-refractivity contribution in [2.24, 2.45) is 0 Å². The lowest BCUT2D eigenvalue weighted by Crippen LogP contribution is -2.30. The van der Waals surface area contributed by atoms with Crippen LogP contribution in [0.1, 0.15) is 342 Å². The smallest absolute Gasteiger partial charge is 0.306 e. The van der Waals surface area contributed by atoms with Crippen LogP contribution < -0.4 is 0 Å². The largest absolute Gasteiger partial charge is 0.462 e. The fourth-order valence-corrected chi connectivity index (χ4v) is 9.85. The molecule has 0 aromatic heterocycles. The van der Waals surface area contributed by atoms with Gasteiger partial charge in [0.2, 0.25) is 0 Å². The van der Waals surface area contributed by atoms with E-state index in [4.69, 9.17) is 14.2 Å². The Morgan fingerprint density at radius 1 is 0.259 bits per heavy atom. The van der Waals surface area contributed by atoms with E-state index in [1.807, 2.05) is 0 Å². The molecule has 81 heavy (non-hydrogen) atoms. The third kappa shape index (κ3) is 67.0. The summed E-state index contributed by atoms with van der Waals surface area (Å²) >= 11 is 0. The molecule has 0 amide bonds. The SMILES string of the molecule is CC/C=C\C/C=C\C/C=C\C/C=C\C/C=C\CCCCCCCCCCCCCCCCCC(=O)OCC(COC(=O)CCCCCCC/C=C\CCCCCCCC)OC(=O)CCCCCCCCC/C=C\C/C=C\CCCCC. The van der Waals surface area contributed by atoms with Crippen LogP contribution in [-0.4, -0.2) is 37.2 Å². The highest BCUT2D eigenvalue weighted by Crippen LogP contribution is 2.17. The van der Waals surface area contributed by atoms with Crippen molar-refractivity contribution in [3.8, 4) is 0 Å². The number of carbonyl (C=O) groups excluding carboxylic acids is 3. The van der Waals surface area contributed by atoms with Gasteiger partial charge in [0.1, 0.15) is 13.2 Å². The molecule has 0 aliphatic carbocycles. The van der Waals surface area contributed by atoms with Crippen molar-refractivity contribution in [2.75, 3.05) is 13.2 Å². The molecule has 0 aliphatic rings. The van der Waals surface area contributed by atoms with Crippen molar-refractivity contribution in [1.82, 2.24) is 0 Å². The van der Waals surface area contributed by atoms with Crippen molar-refractivity contribution in [3.63, 3.8) is 0 Å². The zero-order valence-corrected chi connectivity index (χ0v) is 53.5. The summed E-state index contributed by atoms with van der Waals surface area (Å²) in [4.78, 5) is 38.4. The van der Waals surface area contributed by atoms with E-state index in [1.54, 1.807) is 0 Å². The van der Waals surface area contributed by atoms with Crippen LogP contribution in [0.4, 0.5) is 0 Å². The molecule has 0 aromatic rings. The molecule has 0 rings (SSSR count). The van der Waals surface area contributed by atoms with E-state index in [2.05, 4.69) is 118 Å². The normalized spacial score (nSPS) is 12.7. The number of hydrogen-bond donors (Lipinski definition) is 0. The highest BCUT2D eigenvalue weighted by molar-refractivity contribution is 5.71. The quantitative estimate of drug-likeness (QED) is 0.0261. The Morgan fingerprint density at radius 3 is 0.790 bits per heavy atom. The number of unbranched alkanes of at least 4 members (excludes halogenated alkanes) is 36. The second-order valence-electron chi connectivity index (χ2n) is 23.1. The number of ether oxygens (including phenoxy) is 3. The Labute approximate surface area is 502 Å². The maximum Gasteiger partial charge on any atom is 0.306 e. The molecule has 466 valence electrons. The second kappa shape index (κ2) is 68.8. The summed E-state index contributed by atoms with van der Waals surface area (Å²) in [5.41, 5.74) is 0. The van der Waals surface area contributed by atoms with Gasteiger partial charge in [-0.1, -0.05) is 298 Å². The topological polar surface area (TPSA) is 78.9 Å². The summed E-state index contributed by atoms with van der Waals surface area (Å²) in [5, 5.41) is 0. The Kier molecular flexibility index (Phi) is 65.7. The number of esters is 3. The van der Waals surface area contributed by atoms with Gasteiger partial charge in [-0.05, 0) is 122 Å². The molecule has 0 fully saturated rings. The third-order valence-electron chi connectivity index (χ3n) is 15.0. The average molecular weight is 1130 g/mol. The average Bonchev–Trinajstić information content (AvgIpc) is 3.47. The molecule has 0 heterocycles. The van der Waals surface area contributed by atoms with Crippen LogP contribution in [0.2, 0.25) is 0 Å². The molecule has 0 saturated heterocycles. The van der Waals surface area contributed by atoms with Crippen molar-refractivity contribution < 1.29 is 28.6 Å². The monoisotopic (exact) mass is 1130 g/mol. The van der Waals surface area contributed by atoms with E-state index < -0.39 is 6.10 Å². The Morgan fingerprint density at radius 2 is 0.481 bits per heavy atom. The third-order valence-corrected chi connectivity index (χ3v) is 15.0. The van der Waals surface area contributed by atoms with E-state index in [0.29, 0.717) is 19.3 Å². The highest BCUT2D eigenvalue weighted by Gasteiger charge is 2.19. The summed E-state index contributed by atoms with van der Waals surface area (Å²) in [5.74, 6) is -0.882. The highest BCUT2D eigenvalue weighted by atomic mass is 16.6. The molecule has 1 atom stereocenters. The molecule has 0 saturated carbocycles. The van der Waals surface area contributed by atoms with Gasteiger partial charge in [-0.15, -0.1) is 0 Å². The second-order valence-corrected chi connectivity index (χ2v) is 23.1. The lowest BCUT2D eigenvalue weighted by atomic mass is 10.0. The van der Waals surface area contributed by atoms with E-state index in [-0.39, 0.29) is 31.1 Å². The van der Waals surface area contributed by atoms with E-state index in [1.165, 1.54) is 193 Å². The van der Waals surface area contributed by atoms with Gasteiger partial charge in [0.15, 0.2) is 6.10 Å². The summed E-state index contributed by atoms with van der Waals surface area (Å²) in [6.45, 7) is 6.52. The minimum absolute atomic E-state index is 0.0807. The minimum Gasteiger partial charge on any atom is -0.462 e. The van der Waals surface area contributed by atoms with Crippen molar-refractivity contribution in [1.29, 1.82) is 0 Å². The molecule has 1 unspecified atom stereocenters. The van der Waals surface area contributed by atoms with Gasteiger partial charge in [-0.25, -0.2) is 0 Å². The van der Waals surface area contributed by atoms with Crippen LogP contribution >= 0.6 is 0 Å². The molecule has 0 radical (unpaired) electrons. The molecule has 6 heteroatoms. The van der Waals surface area contributed by atoms with Gasteiger partial charge >= 0.3 is 17.9 Å². The Bertz CT molecular complexity index is 1580. The number of carbonyl (C=O) groups is 3. The molecule has 0 bridgehead atoms. The molecule has 0 aliphatic heterocycles. The van der Waals surface area contributed by atoms with Gasteiger partial charge in [0, 0.05) is 19.3 Å². The van der Waals surface area contributed by atoms with Gasteiger partial charge < -0.3 is 14.2 Å². The fraction of sp³-hybridized carbons (Fsp3) is 0.747. The predicted octanol–water partition coefficient (Wildman–Crippen LogP) is 24.0. The van der Waals surface area contributed by atoms with Crippen molar-refractivity contribution in [2.45, 2.75) is 348 Å². The van der Waals surface area contributed by atoms with Crippen LogP contribution in [0, 0.1) is 0 Å². The zero-order valence-electron chi connectivity index (χ0n) is 53.5. The zero-order chi connectivity index (χ0) is 58.5. The first-order chi connectivity index (χ1) is 40.0. The molecular weight excluding hydrogens is 997 g/mol. The Hall–Kier alpha value is -3.67. The van der Waals surface area contributed by atoms with Crippen molar-refractivity contribution in [3.05, 3.63) is 97.2 Å². The molecular formula is C75H130O6. The lowest BCUT2D eigenvalue weighted by Gasteiger charge is -2.18. The maximum absolute atomic E-state index is 12.9. The van der Waals surface area contributed by atoms with E-state index >= 15 is 0 Å². The van der Waals surface area contributed by atoms with Crippen molar-refractivity contribution >= 4 is 17.9 Å². The number of hydrogen-bond acceptors (Lipinski definition) is 6. The molecule has 0 spiro atoms. The van der Waals surface area contributed by atoms with Crippen LogP contribution in [0.5, 0.6) is 0 Å². The van der Waals surface area contributed by atoms with Gasteiger partial charge in [-0.3, -0.25) is 14.4 Å². The first kappa shape index (κ1) is 77.3. The van der Waals surface area contributed by atoms with E-state index in [0.717, 1.165) is 109 Å². The van der Waals surface area contributed by atoms with E-state index in [9.17, 15) is 14.4 Å². The van der Waals surface area contributed by atoms with Gasteiger partial charge in [-0.2, -0.15) is 0 Å². The summed E-state index contributed by atoms with van der Waals surface area (Å²) in [6.07, 6.45) is 92.8. The standard InChI is InChI=1S/C75H130O6/c1-4-7-10-13-16-19-22-25-28-30-31-32-33-34-35-36-37-38-39-40-41-42-43-45-47-50-53-56-59-62-65-68-74(77)80-71-72(70-79-73(76)67-64-61-58-55-52-49-46-27-24-21-18-15-12-9-6-3)81-75(78)69-66-63-60-57-54-51-48-44-29-26-23-20-17-14-11-8-5-2/h7,10,16-17,19-20,25-29,31-32,34-35,46,72H,4-6,8-9,11-15,18,21-24,30,33,36-45,47-71H2,1-3H3/b10-7-,19-16-,20-17-,28-25-,29-26-,32-31-,35-34-,46-27-. The summed E-state index contributed by atoms with van der Waals surface area (Å²) in [7, 11) is 0. The van der Waals surface area contributed by atoms with Crippen LogP contribution in [0.25, 0.3) is 0 Å². The lowest BCUT2D eigenvalue weighted by molar-refractivity contribution is -0.167.